The van der Waals surface area contributed by atoms with Gasteiger partial charge in [0.25, 0.3) is 0 Å². The molecule has 20 heavy (non-hydrogen) atoms. The summed E-state index contributed by atoms with van der Waals surface area (Å²) < 4.78 is 0. The summed E-state index contributed by atoms with van der Waals surface area (Å²) in [5, 5.41) is 9.19. The zero-order valence-electron chi connectivity index (χ0n) is 13.9. The molecule has 0 rings (SSSR count). The van der Waals surface area contributed by atoms with Gasteiger partial charge in [0.05, 0.1) is 0 Å². The molecule has 1 nitrogen and oxygen atoms in total. The van der Waals surface area contributed by atoms with Crippen molar-refractivity contribution in [3.05, 3.63) is 12.7 Å². The minimum absolute atomic E-state index is 0.323. The topological polar surface area (TPSA) is 20.2 Å². The second kappa shape index (κ2) is 16.8. The number of aliphatic hydroxyl groups is 1. The van der Waals surface area contributed by atoms with Crippen molar-refractivity contribution >= 4 is 0 Å². The highest BCUT2D eigenvalue weighted by Gasteiger charge is 2.04. The summed E-state index contributed by atoms with van der Waals surface area (Å²) in [6, 6.07) is 0. The summed E-state index contributed by atoms with van der Waals surface area (Å²) in [7, 11) is 0. The van der Waals surface area contributed by atoms with Crippen LogP contribution in [-0.2, 0) is 0 Å². The number of allylic oxidation sites excluding steroid dienone is 1. The Labute approximate surface area is 127 Å². The highest BCUT2D eigenvalue weighted by Crippen LogP contribution is 2.16. The second-order valence-electron chi connectivity index (χ2n) is 6.25. The van der Waals surface area contributed by atoms with Gasteiger partial charge in [-0.3, -0.25) is 0 Å². The minimum Gasteiger partial charge on any atom is -0.396 e. The molecule has 0 aromatic heterocycles. The molecule has 0 aliphatic rings. The SMILES string of the molecule is C=CC[C@H](CO)CCCCCCCCCCCCCC. The zero-order valence-corrected chi connectivity index (χ0v) is 13.9. The second-order valence-corrected chi connectivity index (χ2v) is 6.25. The smallest absolute Gasteiger partial charge is 0.0462 e. The van der Waals surface area contributed by atoms with E-state index in [-0.39, 0.29) is 0 Å². The van der Waals surface area contributed by atoms with Crippen molar-refractivity contribution in [2.75, 3.05) is 6.61 Å². The molecular formula is C19H38O. The highest BCUT2D eigenvalue weighted by molar-refractivity contribution is 4.72. The summed E-state index contributed by atoms with van der Waals surface area (Å²) in [5.74, 6) is 0.454. The van der Waals surface area contributed by atoms with Crippen LogP contribution in [0, 0.1) is 5.92 Å². The molecule has 0 saturated carbocycles. The summed E-state index contributed by atoms with van der Waals surface area (Å²) in [6.45, 7) is 6.35. The number of hydrogen-bond donors (Lipinski definition) is 1. The van der Waals surface area contributed by atoms with Gasteiger partial charge in [0, 0.05) is 6.61 Å². The van der Waals surface area contributed by atoms with Gasteiger partial charge in [-0.05, 0) is 18.8 Å². The molecule has 0 radical (unpaired) electrons. The van der Waals surface area contributed by atoms with Gasteiger partial charge >= 0.3 is 0 Å². The van der Waals surface area contributed by atoms with Crippen LogP contribution in [0.25, 0.3) is 0 Å². The number of unbranched alkanes of at least 4 members (excludes halogenated alkanes) is 11. The number of rotatable bonds is 16. The van der Waals surface area contributed by atoms with Crippen LogP contribution in [0.4, 0.5) is 0 Å². The Morgan fingerprint density at radius 3 is 1.65 bits per heavy atom. The summed E-state index contributed by atoms with van der Waals surface area (Å²) >= 11 is 0. The van der Waals surface area contributed by atoms with Gasteiger partial charge in [-0.15, -0.1) is 6.58 Å². The summed E-state index contributed by atoms with van der Waals surface area (Å²) in [4.78, 5) is 0. The van der Waals surface area contributed by atoms with Crippen molar-refractivity contribution in [1.29, 1.82) is 0 Å². The Hall–Kier alpha value is -0.300. The molecule has 1 atom stereocenters. The fourth-order valence-corrected chi connectivity index (χ4v) is 2.79. The molecule has 0 amide bonds. The van der Waals surface area contributed by atoms with Crippen molar-refractivity contribution in [2.24, 2.45) is 5.92 Å². The molecule has 120 valence electrons. The summed E-state index contributed by atoms with van der Waals surface area (Å²) in [6.07, 6.45) is 20.8. The van der Waals surface area contributed by atoms with Crippen molar-refractivity contribution < 1.29 is 5.11 Å². The van der Waals surface area contributed by atoms with Crippen molar-refractivity contribution in [3.63, 3.8) is 0 Å². The molecule has 0 heterocycles. The Morgan fingerprint density at radius 1 is 0.800 bits per heavy atom. The average Bonchev–Trinajstić information content (AvgIpc) is 2.47. The quantitative estimate of drug-likeness (QED) is 0.261. The Bertz CT molecular complexity index is 188. The monoisotopic (exact) mass is 282 g/mol. The zero-order chi connectivity index (χ0) is 14.9. The van der Waals surface area contributed by atoms with Crippen LogP contribution >= 0.6 is 0 Å². The lowest BCUT2D eigenvalue weighted by Crippen LogP contribution is -2.04. The van der Waals surface area contributed by atoms with E-state index in [4.69, 9.17) is 0 Å². The normalized spacial score (nSPS) is 12.5. The Morgan fingerprint density at radius 2 is 1.25 bits per heavy atom. The fraction of sp³-hybridized carbons (Fsp3) is 0.895. The van der Waals surface area contributed by atoms with Crippen LogP contribution in [0.2, 0.25) is 0 Å². The fourth-order valence-electron chi connectivity index (χ4n) is 2.79. The first-order valence-electron chi connectivity index (χ1n) is 9.06. The lowest BCUT2D eigenvalue weighted by Gasteiger charge is -2.11. The molecule has 0 bridgehead atoms. The molecule has 0 aromatic carbocycles. The van der Waals surface area contributed by atoms with Gasteiger partial charge < -0.3 is 5.11 Å². The lowest BCUT2D eigenvalue weighted by molar-refractivity contribution is 0.216. The third-order valence-corrected chi connectivity index (χ3v) is 4.22. The van der Waals surface area contributed by atoms with E-state index >= 15 is 0 Å². The van der Waals surface area contributed by atoms with E-state index in [1.165, 1.54) is 83.5 Å². The van der Waals surface area contributed by atoms with E-state index < -0.39 is 0 Å². The molecule has 0 aliphatic carbocycles. The molecule has 0 aromatic rings. The molecular weight excluding hydrogens is 244 g/mol. The van der Waals surface area contributed by atoms with Crippen LogP contribution in [0.15, 0.2) is 12.7 Å². The van der Waals surface area contributed by atoms with Gasteiger partial charge in [0.2, 0.25) is 0 Å². The molecule has 1 heteroatoms. The third-order valence-electron chi connectivity index (χ3n) is 4.22. The third kappa shape index (κ3) is 14.1. The van der Waals surface area contributed by atoms with E-state index in [0.29, 0.717) is 12.5 Å². The maximum Gasteiger partial charge on any atom is 0.0462 e. The van der Waals surface area contributed by atoms with E-state index in [1.807, 2.05) is 6.08 Å². The van der Waals surface area contributed by atoms with Crippen LogP contribution in [0.3, 0.4) is 0 Å². The van der Waals surface area contributed by atoms with Gasteiger partial charge in [-0.25, -0.2) is 0 Å². The van der Waals surface area contributed by atoms with Gasteiger partial charge in [0.1, 0.15) is 0 Å². The molecule has 0 saturated heterocycles. The van der Waals surface area contributed by atoms with Crippen LogP contribution in [-0.4, -0.2) is 11.7 Å². The standard InChI is InChI=1S/C19H38O/c1-3-5-6-7-8-9-10-11-12-13-14-15-17-19(18-20)16-4-2/h4,19-20H,2-3,5-18H2,1H3/t19-/m0/s1. The van der Waals surface area contributed by atoms with Gasteiger partial charge in [-0.2, -0.15) is 0 Å². The molecule has 0 fully saturated rings. The van der Waals surface area contributed by atoms with E-state index in [1.54, 1.807) is 0 Å². The maximum absolute atomic E-state index is 9.19. The molecule has 0 aliphatic heterocycles. The Balaban J connectivity index is 3.11. The van der Waals surface area contributed by atoms with E-state index in [9.17, 15) is 5.11 Å². The minimum atomic E-state index is 0.323. The molecule has 0 unspecified atom stereocenters. The van der Waals surface area contributed by atoms with E-state index in [2.05, 4.69) is 13.5 Å². The highest BCUT2D eigenvalue weighted by atomic mass is 16.3. The number of aliphatic hydroxyl groups excluding tert-OH is 1. The van der Waals surface area contributed by atoms with E-state index in [0.717, 1.165) is 6.42 Å². The van der Waals surface area contributed by atoms with Gasteiger partial charge in [-0.1, -0.05) is 90.0 Å². The molecule has 1 N–H and O–H groups in total. The van der Waals surface area contributed by atoms with Crippen LogP contribution in [0.1, 0.15) is 96.8 Å². The van der Waals surface area contributed by atoms with Crippen molar-refractivity contribution in [3.8, 4) is 0 Å². The number of hydrogen-bond acceptors (Lipinski definition) is 1. The predicted octanol–water partition coefficient (Wildman–Crippen LogP) is 6.26. The first-order chi connectivity index (χ1) is 9.85. The lowest BCUT2D eigenvalue weighted by atomic mass is 9.98. The maximum atomic E-state index is 9.19. The predicted molar refractivity (Wildman–Crippen MR) is 91.1 cm³/mol. The van der Waals surface area contributed by atoms with Crippen LogP contribution in [0.5, 0.6) is 0 Å². The first kappa shape index (κ1) is 19.7. The van der Waals surface area contributed by atoms with Gasteiger partial charge in [0.15, 0.2) is 0 Å². The average molecular weight is 283 g/mol. The van der Waals surface area contributed by atoms with Crippen LogP contribution < -0.4 is 0 Å². The Kier molecular flexibility index (Phi) is 16.5. The van der Waals surface area contributed by atoms with Crippen molar-refractivity contribution in [1.82, 2.24) is 0 Å². The molecule has 0 spiro atoms. The van der Waals surface area contributed by atoms with Crippen molar-refractivity contribution in [2.45, 2.75) is 96.8 Å². The first-order valence-corrected chi connectivity index (χ1v) is 9.06. The largest absolute Gasteiger partial charge is 0.396 e. The summed E-state index contributed by atoms with van der Waals surface area (Å²) in [5.41, 5.74) is 0.